The molecule has 0 aliphatic rings. The molecule has 2 rings (SSSR count). The fraction of sp³-hybridized carbons (Fsp3) is 0.222. The highest BCUT2D eigenvalue weighted by Crippen LogP contribution is 2.26. The SMILES string of the molecule is COC(=O)c1ccc(OC)c(NC(=N)Cc2ccccc2OC)c1. The molecule has 0 aliphatic heterocycles. The molecule has 24 heavy (non-hydrogen) atoms. The Bertz CT molecular complexity index is 744. The molecule has 0 bridgehead atoms. The highest BCUT2D eigenvalue weighted by molar-refractivity contribution is 5.98. The first-order valence-electron chi connectivity index (χ1n) is 7.31. The molecule has 0 aliphatic carbocycles. The van der Waals surface area contributed by atoms with E-state index in [1.165, 1.54) is 14.2 Å². The topological polar surface area (TPSA) is 80.6 Å². The zero-order valence-corrected chi connectivity index (χ0v) is 13.9. The standard InChI is InChI=1S/C18H20N2O4/c1-22-15-7-5-4-6-12(15)11-17(19)20-14-10-13(18(21)24-3)8-9-16(14)23-2/h4-10H,11H2,1-3H3,(H2,19,20). The second-order valence-corrected chi connectivity index (χ2v) is 5.00. The molecule has 6 heteroatoms. The van der Waals surface area contributed by atoms with Gasteiger partial charge in [0.15, 0.2) is 0 Å². The van der Waals surface area contributed by atoms with Gasteiger partial charge >= 0.3 is 5.97 Å². The number of carbonyl (C=O) groups excluding carboxylic acids is 1. The first-order chi connectivity index (χ1) is 11.6. The summed E-state index contributed by atoms with van der Waals surface area (Å²) in [7, 11) is 4.45. The van der Waals surface area contributed by atoms with Crippen molar-refractivity contribution in [3.8, 4) is 11.5 Å². The lowest BCUT2D eigenvalue weighted by atomic mass is 10.1. The number of hydrogen-bond acceptors (Lipinski definition) is 5. The Kier molecular flexibility index (Phi) is 5.78. The Morgan fingerprint density at radius 1 is 1.04 bits per heavy atom. The van der Waals surface area contributed by atoms with Crippen LogP contribution in [0.25, 0.3) is 0 Å². The molecular weight excluding hydrogens is 308 g/mol. The van der Waals surface area contributed by atoms with Crippen molar-refractivity contribution in [1.82, 2.24) is 0 Å². The van der Waals surface area contributed by atoms with Gasteiger partial charge in [0.2, 0.25) is 0 Å². The Morgan fingerprint density at radius 3 is 2.42 bits per heavy atom. The first kappa shape index (κ1) is 17.3. The highest BCUT2D eigenvalue weighted by atomic mass is 16.5. The maximum atomic E-state index is 11.7. The van der Waals surface area contributed by atoms with Gasteiger partial charge in [0.1, 0.15) is 17.3 Å². The highest BCUT2D eigenvalue weighted by Gasteiger charge is 2.12. The smallest absolute Gasteiger partial charge is 0.337 e. The zero-order chi connectivity index (χ0) is 17.5. The van der Waals surface area contributed by atoms with Crippen LogP contribution < -0.4 is 14.8 Å². The average molecular weight is 328 g/mol. The van der Waals surface area contributed by atoms with E-state index in [4.69, 9.17) is 19.6 Å². The van der Waals surface area contributed by atoms with Crippen LogP contribution in [-0.2, 0) is 11.2 Å². The Labute approximate surface area is 140 Å². The fourth-order valence-electron chi connectivity index (χ4n) is 2.30. The van der Waals surface area contributed by atoms with Crippen LogP contribution in [-0.4, -0.2) is 33.1 Å². The van der Waals surface area contributed by atoms with Crippen LogP contribution in [0.2, 0.25) is 0 Å². The van der Waals surface area contributed by atoms with Gasteiger partial charge in [-0.25, -0.2) is 4.79 Å². The molecule has 0 heterocycles. The molecule has 2 aromatic rings. The molecule has 0 unspecified atom stereocenters. The third-order valence-electron chi connectivity index (χ3n) is 3.47. The van der Waals surface area contributed by atoms with Crippen molar-refractivity contribution in [1.29, 1.82) is 5.41 Å². The molecule has 0 spiro atoms. The van der Waals surface area contributed by atoms with Crippen LogP contribution in [0.3, 0.4) is 0 Å². The van der Waals surface area contributed by atoms with E-state index < -0.39 is 5.97 Å². The van der Waals surface area contributed by atoms with Crippen molar-refractivity contribution in [2.45, 2.75) is 6.42 Å². The second kappa shape index (κ2) is 8.01. The lowest BCUT2D eigenvalue weighted by Crippen LogP contribution is -2.15. The molecule has 0 saturated carbocycles. The van der Waals surface area contributed by atoms with E-state index in [9.17, 15) is 4.79 Å². The fourth-order valence-corrected chi connectivity index (χ4v) is 2.30. The number of rotatable bonds is 6. The first-order valence-corrected chi connectivity index (χ1v) is 7.31. The summed E-state index contributed by atoms with van der Waals surface area (Å²) in [4.78, 5) is 11.7. The molecule has 0 saturated heterocycles. The predicted molar refractivity (Wildman–Crippen MR) is 92.4 cm³/mol. The summed E-state index contributed by atoms with van der Waals surface area (Å²) >= 11 is 0. The summed E-state index contributed by atoms with van der Waals surface area (Å²) in [5.41, 5.74) is 1.80. The summed E-state index contributed by atoms with van der Waals surface area (Å²) in [6.45, 7) is 0. The number of esters is 1. The van der Waals surface area contributed by atoms with Gasteiger partial charge in [-0.1, -0.05) is 18.2 Å². The van der Waals surface area contributed by atoms with Crippen molar-refractivity contribution in [2.75, 3.05) is 26.6 Å². The average Bonchev–Trinajstić information content (AvgIpc) is 2.61. The van der Waals surface area contributed by atoms with E-state index >= 15 is 0 Å². The van der Waals surface area contributed by atoms with Crippen molar-refractivity contribution in [3.05, 3.63) is 53.6 Å². The van der Waals surface area contributed by atoms with Gasteiger partial charge in [0.05, 0.1) is 32.6 Å². The van der Waals surface area contributed by atoms with E-state index in [2.05, 4.69) is 5.32 Å². The van der Waals surface area contributed by atoms with Crippen LogP contribution in [0.4, 0.5) is 5.69 Å². The normalized spacial score (nSPS) is 9.96. The maximum Gasteiger partial charge on any atom is 0.337 e. The van der Waals surface area contributed by atoms with Gasteiger partial charge in [-0.15, -0.1) is 0 Å². The summed E-state index contributed by atoms with van der Waals surface area (Å²) < 4.78 is 15.3. The van der Waals surface area contributed by atoms with Gasteiger partial charge < -0.3 is 19.5 Å². The lowest BCUT2D eigenvalue weighted by molar-refractivity contribution is 0.0601. The van der Waals surface area contributed by atoms with Crippen LogP contribution in [0.5, 0.6) is 11.5 Å². The quantitative estimate of drug-likeness (QED) is 0.484. The van der Waals surface area contributed by atoms with E-state index in [1.807, 2.05) is 24.3 Å². The van der Waals surface area contributed by atoms with Crippen LogP contribution >= 0.6 is 0 Å². The van der Waals surface area contributed by atoms with Crippen molar-refractivity contribution >= 4 is 17.5 Å². The number of anilines is 1. The van der Waals surface area contributed by atoms with E-state index in [0.717, 1.165) is 11.3 Å². The number of methoxy groups -OCH3 is 3. The molecular formula is C18H20N2O4. The molecule has 0 radical (unpaired) electrons. The van der Waals surface area contributed by atoms with Gasteiger partial charge in [-0.2, -0.15) is 0 Å². The molecule has 0 amide bonds. The molecule has 2 aromatic carbocycles. The number of benzene rings is 2. The third kappa shape index (κ3) is 4.04. The Balaban J connectivity index is 2.20. The maximum absolute atomic E-state index is 11.7. The summed E-state index contributed by atoms with van der Waals surface area (Å²) in [6, 6.07) is 12.4. The largest absolute Gasteiger partial charge is 0.496 e. The minimum atomic E-state index is -0.447. The lowest BCUT2D eigenvalue weighted by Gasteiger charge is -2.14. The molecule has 2 N–H and O–H groups in total. The van der Waals surface area contributed by atoms with E-state index in [-0.39, 0.29) is 5.84 Å². The Morgan fingerprint density at radius 2 is 1.75 bits per heavy atom. The van der Waals surface area contributed by atoms with Gasteiger partial charge in [-0.05, 0) is 24.3 Å². The summed E-state index contributed by atoms with van der Waals surface area (Å²) in [6.07, 6.45) is 0.357. The van der Waals surface area contributed by atoms with Crippen LogP contribution in [0.1, 0.15) is 15.9 Å². The summed E-state index contributed by atoms with van der Waals surface area (Å²) in [5, 5.41) is 11.2. The van der Waals surface area contributed by atoms with Crippen molar-refractivity contribution < 1.29 is 19.0 Å². The second-order valence-electron chi connectivity index (χ2n) is 5.00. The van der Waals surface area contributed by atoms with Crippen LogP contribution in [0, 0.1) is 5.41 Å². The minimum Gasteiger partial charge on any atom is -0.496 e. The zero-order valence-electron chi connectivity index (χ0n) is 13.9. The number of hydrogen-bond donors (Lipinski definition) is 2. The van der Waals surface area contributed by atoms with E-state index in [1.54, 1.807) is 25.3 Å². The molecule has 0 aromatic heterocycles. The third-order valence-corrected chi connectivity index (χ3v) is 3.47. The van der Waals surface area contributed by atoms with Gasteiger partial charge in [0, 0.05) is 12.0 Å². The molecule has 0 fully saturated rings. The Hall–Kier alpha value is -3.02. The monoisotopic (exact) mass is 328 g/mol. The molecule has 0 atom stereocenters. The number of ether oxygens (including phenoxy) is 3. The number of carbonyl (C=O) groups is 1. The predicted octanol–water partition coefficient (Wildman–Crippen LogP) is 3.12. The van der Waals surface area contributed by atoms with Gasteiger partial charge in [-0.3, -0.25) is 5.41 Å². The number of para-hydroxylation sites is 1. The van der Waals surface area contributed by atoms with E-state index in [0.29, 0.717) is 23.4 Å². The molecule has 126 valence electrons. The summed E-state index contributed by atoms with van der Waals surface area (Å²) in [5.74, 6) is 1.06. The van der Waals surface area contributed by atoms with Gasteiger partial charge in [0.25, 0.3) is 0 Å². The molecule has 6 nitrogen and oxygen atoms in total. The minimum absolute atomic E-state index is 0.250. The number of nitrogens with one attached hydrogen (secondary N) is 2. The number of amidine groups is 1. The van der Waals surface area contributed by atoms with Crippen LogP contribution in [0.15, 0.2) is 42.5 Å². The van der Waals surface area contributed by atoms with Crippen molar-refractivity contribution in [3.63, 3.8) is 0 Å². The van der Waals surface area contributed by atoms with Crippen molar-refractivity contribution in [2.24, 2.45) is 0 Å².